The fourth-order valence-corrected chi connectivity index (χ4v) is 2.75. The highest BCUT2D eigenvalue weighted by atomic mass is 28.3. The topological polar surface area (TPSA) is 17.8 Å². The van der Waals surface area contributed by atoms with Gasteiger partial charge >= 0.3 is 0 Å². The van der Waals surface area contributed by atoms with Crippen LogP contribution in [0.2, 0.25) is 19.6 Å². The van der Waals surface area contributed by atoms with E-state index in [1.165, 1.54) is 5.69 Å². The summed E-state index contributed by atoms with van der Waals surface area (Å²) in [7, 11) is -1.20. The van der Waals surface area contributed by atoms with Gasteiger partial charge < -0.3 is 4.23 Å². The van der Waals surface area contributed by atoms with Gasteiger partial charge in [-0.2, -0.15) is 0 Å². The molecule has 2 nitrogen and oxygen atoms in total. The third-order valence-electron chi connectivity index (χ3n) is 1.97. The molecule has 0 saturated carbocycles. The van der Waals surface area contributed by atoms with Crippen LogP contribution in [0.15, 0.2) is 6.33 Å². The van der Waals surface area contributed by atoms with Crippen LogP contribution in [0.1, 0.15) is 11.4 Å². The van der Waals surface area contributed by atoms with Crippen molar-refractivity contribution in [2.75, 3.05) is 0 Å². The van der Waals surface area contributed by atoms with E-state index in [0.29, 0.717) is 0 Å². The third-order valence-corrected chi connectivity index (χ3v) is 3.87. The lowest BCUT2D eigenvalue weighted by atomic mass is 10.4. The smallest absolute Gasteiger partial charge is 0.154 e. The number of hydrogen-bond donors (Lipinski definition) is 0. The van der Waals surface area contributed by atoms with Gasteiger partial charge in [-0.05, 0) is 13.8 Å². The normalized spacial score (nSPS) is 12.1. The molecule has 0 fully saturated rings. The average molecular weight is 168 g/mol. The standard InChI is InChI=1S/C8H16N2Si/c1-7-8(2)10(6-9-7)11(3,4)5/h6H,1-5H3. The van der Waals surface area contributed by atoms with Gasteiger partial charge in [0, 0.05) is 5.69 Å². The Hall–Kier alpha value is -0.573. The minimum absolute atomic E-state index is 1.16. The van der Waals surface area contributed by atoms with Crippen LogP contribution in [-0.4, -0.2) is 17.5 Å². The molecule has 1 aromatic rings. The fraction of sp³-hybridized carbons (Fsp3) is 0.625. The van der Waals surface area contributed by atoms with Crippen LogP contribution in [-0.2, 0) is 0 Å². The highest BCUT2D eigenvalue weighted by Crippen LogP contribution is 2.12. The monoisotopic (exact) mass is 168 g/mol. The molecule has 0 radical (unpaired) electrons. The van der Waals surface area contributed by atoms with Gasteiger partial charge in [0.1, 0.15) is 0 Å². The van der Waals surface area contributed by atoms with Gasteiger partial charge in [-0.15, -0.1) is 0 Å². The molecule has 1 rings (SSSR count). The summed E-state index contributed by atoms with van der Waals surface area (Å²) < 4.78 is 2.34. The van der Waals surface area contributed by atoms with Gasteiger partial charge in [-0.3, -0.25) is 0 Å². The zero-order chi connectivity index (χ0) is 8.65. The first-order valence-corrected chi connectivity index (χ1v) is 7.38. The Morgan fingerprint density at radius 2 is 1.82 bits per heavy atom. The molecule has 0 amide bonds. The van der Waals surface area contributed by atoms with E-state index < -0.39 is 8.24 Å². The van der Waals surface area contributed by atoms with Crippen LogP contribution in [0.4, 0.5) is 0 Å². The molecule has 0 aliphatic carbocycles. The Labute approximate surface area is 69.4 Å². The van der Waals surface area contributed by atoms with E-state index in [1.807, 2.05) is 6.33 Å². The molecule has 0 aromatic carbocycles. The van der Waals surface area contributed by atoms with E-state index in [1.54, 1.807) is 0 Å². The summed E-state index contributed by atoms with van der Waals surface area (Å²) in [5.74, 6) is 0. The van der Waals surface area contributed by atoms with Crippen molar-refractivity contribution in [3.05, 3.63) is 17.7 Å². The lowest BCUT2D eigenvalue weighted by Crippen LogP contribution is -2.32. The quantitative estimate of drug-likeness (QED) is 0.588. The van der Waals surface area contributed by atoms with Crippen molar-refractivity contribution in [3.8, 4) is 0 Å². The molecule has 3 heteroatoms. The summed E-state index contributed by atoms with van der Waals surface area (Å²) in [6.45, 7) is 11.2. The minimum Gasteiger partial charge on any atom is -0.363 e. The summed E-state index contributed by atoms with van der Waals surface area (Å²) in [5.41, 5.74) is 2.48. The maximum Gasteiger partial charge on any atom is 0.154 e. The van der Waals surface area contributed by atoms with Gasteiger partial charge in [-0.25, -0.2) is 4.98 Å². The Kier molecular flexibility index (Phi) is 1.92. The van der Waals surface area contributed by atoms with Crippen molar-refractivity contribution in [3.63, 3.8) is 0 Å². The summed E-state index contributed by atoms with van der Waals surface area (Å²) in [5, 5.41) is 0. The Balaban J connectivity index is 3.15. The van der Waals surface area contributed by atoms with Crippen LogP contribution in [0, 0.1) is 13.8 Å². The van der Waals surface area contributed by atoms with E-state index in [4.69, 9.17) is 0 Å². The summed E-state index contributed by atoms with van der Waals surface area (Å²) in [6, 6.07) is 0. The van der Waals surface area contributed by atoms with Gasteiger partial charge in [0.15, 0.2) is 8.24 Å². The highest BCUT2D eigenvalue weighted by Gasteiger charge is 2.18. The zero-order valence-corrected chi connectivity index (χ0v) is 8.97. The number of aromatic nitrogens is 2. The maximum atomic E-state index is 4.28. The number of rotatable bonds is 1. The zero-order valence-electron chi connectivity index (χ0n) is 7.97. The van der Waals surface area contributed by atoms with Crippen molar-refractivity contribution in [2.45, 2.75) is 33.5 Å². The summed E-state index contributed by atoms with van der Waals surface area (Å²) in [6.07, 6.45) is 1.97. The van der Waals surface area contributed by atoms with Crippen molar-refractivity contribution in [1.82, 2.24) is 9.22 Å². The first-order chi connectivity index (χ1) is 4.93. The van der Waals surface area contributed by atoms with Crippen molar-refractivity contribution < 1.29 is 0 Å². The predicted molar refractivity (Wildman–Crippen MR) is 50.4 cm³/mol. The molecule has 0 bridgehead atoms. The molecule has 1 heterocycles. The van der Waals surface area contributed by atoms with Crippen LogP contribution in [0.25, 0.3) is 0 Å². The van der Waals surface area contributed by atoms with Crippen LogP contribution in [0.3, 0.4) is 0 Å². The first kappa shape index (κ1) is 8.52. The molecule has 0 saturated heterocycles. The molecule has 0 aliphatic heterocycles. The van der Waals surface area contributed by atoms with Gasteiger partial charge in [0.2, 0.25) is 0 Å². The van der Waals surface area contributed by atoms with Gasteiger partial charge in [0.25, 0.3) is 0 Å². The number of aryl methyl sites for hydroxylation is 1. The summed E-state index contributed by atoms with van der Waals surface area (Å²) in [4.78, 5) is 4.28. The van der Waals surface area contributed by atoms with E-state index in [2.05, 4.69) is 42.7 Å². The minimum atomic E-state index is -1.20. The Morgan fingerprint density at radius 1 is 1.27 bits per heavy atom. The predicted octanol–water partition coefficient (Wildman–Crippen LogP) is 2.18. The van der Waals surface area contributed by atoms with Gasteiger partial charge in [-0.1, -0.05) is 19.6 Å². The Morgan fingerprint density at radius 3 is 2.00 bits per heavy atom. The van der Waals surface area contributed by atoms with Crippen molar-refractivity contribution in [2.24, 2.45) is 0 Å². The molecule has 0 spiro atoms. The lowest BCUT2D eigenvalue weighted by Gasteiger charge is -2.19. The maximum absolute atomic E-state index is 4.28. The molecular weight excluding hydrogens is 152 g/mol. The average Bonchev–Trinajstić information content (AvgIpc) is 2.11. The van der Waals surface area contributed by atoms with Crippen LogP contribution >= 0.6 is 0 Å². The van der Waals surface area contributed by atoms with Gasteiger partial charge in [0.05, 0.1) is 12.0 Å². The molecular formula is C8H16N2Si. The van der Waals surface area contributed by atoms with Crippen LogP contribution < -0.4 is 0 Å². The van der Waals surface area contributed by atoms with Crippen molar-refractivity contribution >= 4 is 8.24 Å². The molecule has 1 aromatic heterocycles. The van der Waals surface area contributed by atoms with Crippen molar-refractivity contribution in [1.29, 1.82) is 0 Å². The number of imidazole rings is 1. The molecule has 62 valence electrons. The fourth-order valence-electron chi connectivity index (χ4n) is 1.17. The van der Waals surface area contributed by atoms with Crippen LogP contribution in [0.5, 0.6) is 0 Å². The second-order valence-corrected chi connectivity index (χ2v) is 8.78. The molecule has 0 atom stereocenters. The number of hydrogen-bond acceptors (Lipinski definition) is 1. The van der Waals surface area contributed by atoms with E-state index in [0.717, 1.165) is 5.69 Å². The largest absolute Gasteiger partial charge is 0.363 e. The van der Waals surface area contributed by atoms with E-state index in [-0.39, 0.29) is 0 Å². The Bertz CT molecular complexity index is 258. The molecule has 11 heavy (non-hydrogen) atoms. The number of nitrogens with zero attached hydrogens (tertiary/aromatic N) is 2. The molecule has 0 aliphatic rings. The lowest BCUT2D eigenvalue weighted by molar-refractivity contribution is 1.06. The first-order valence-electron chi connectivity index (χ1n) is 3.94. The molecule has 0 N–H and O–H groups in total. The highest BCUT2D eigenvalue weighted by molar-refractivity contribution is 6.74. The third kappa shape index (κ3) is 1.53. The molecule has 0 unspecified atom stereocenters. The summed E-state index contributed by atoms with van der Waals surface area (Å²) >= 11 is 0. The van der Waals surface area contributed by atoms with E-state index >= 15 is 0 Å². The second-order valence-electron chi connectivity index (χ2n) is 3.96. The second kappa shape index (κ2) is 2.48. The SMILES string of the molecule is Cc1ncn([Si](C)(C)C)c1C. The van der Waals surface area contributed by atoms with E-state index in [9.17, 15) is 0 Å².